The van der Waals surface area contributed by atoms with Crippen molar-refractivity contribution in [3.63, 3.8) is 0 Å². The van der Waals surface area contributed by atoms with Gasteiger partial charge in [0.25, 0.3) is 0 Å². The fourth-order valence-electron chi connectivity index (χ4n) is 1.93. The Morgan fingerprint density at radius 3 is 2.39 bits per heavy atom. The van der Waals surface area contributed by atoms with Crippen LogP contribution in [0.5, 0.6) is 11.5 Å². The van der Waals surface area contributed by atoms with E-state index in [1.54, 1.807) is 0 Å². The fraction of sp³-hybridized carbons (Fsp3) is 0.214. The number of halogens is 2. The maximum absolute atomic E-state index is 14.1. The number of methoxy groups -OCH3 is 3. The van der Waals surface area contributed by atoms with Gasteiger partial charge in [-0.05, 0) is 12.1 Å². The number of benzene rings is 1. The summed E-state index contributed by atoms with van der Waals surface area (Å²) in [7, 11) is 3.76. The summed E-state index contributed by atoms with van der Waals surface area (Å²) in [6.45, 7) is 0. The van der Waals surface area contributed by atoms with Gasteiger partial charge in [-0.2, -0.15) is 0 Å². The van der Waals surface area contributed by atoms with E-state index in [4.69, 9.17) is 26.8 Å². The molecule has 2 rings (SSSR count). The van der Waals surface area contributed by atoms with Gasteiger partial charge in [-0.3, -0.25) is 0 Å². The summed E-state index contributed by atoms with van der Waals surface area (Å²) in [4.78, 5) is 19.9. The molecule has 2 N–H and O–H groups in total. The van der Waals surface area contributed by atoms with E-state index in [0.717, 1.165) is 0 Å². The highest BCUT2D eigenvalue weighted by Crippen LogP contribution is 2.36. The monoisotopic (exact) mass is 341 g/mol. The van der Waals surface area contributed by atoms with Crippen molar-refractivity contribution >= 4 is 23.4 Å². The zero-order valence-corrected chi connectivity index (χ0v) is 13.3. The van der Waals surface area contributed by atoms with Gasteiger partial charge in [0.15, 0.2) is 34.7 Å². The molecule has 9 heteroatoms. The van der Waals surface area contributed by atoms with Crippen LogP contribution in [0.2, 0.25) is 5.02 Å². The third kappa shape index (κ3) is 2.98. The number of carbonyl (C=O) groups excluding carboxylic acids is 1. The molecule has 0 bridgehead atoms. The molecular formula is C14H13ClFN3O4. The Morgan fingerprint density at radius 1 is 1.17 bits per heavy atom. The van der Waals surface area contributed by atoms with E-state index >= 15 is 0 Å². The zero-order valence-electron chi connectivity index (χ0n) is 12.5. The van der Waals surface area contributed by atoms with E-state index in [1.807, 2.05) is 0 Å². The Balaban J connectivity index is 2.73. The molecule has 0 aliphatic carbocycles. The highest BCUT2D eigenvalue weighted by atomic mass is 35.5. The average molecular weight is 342 g/mol. The molecule has 0 spiro atoms. The van der Waals surface area contributed by atoms with Crippen LogP contribution in [0.25, 0.3) is 11.4 Å². The Bertz CT molecular complexity index is 770. The maximum Gasteiger partial charge on any atom is 0.360 e. The Morgan fingerprint density at radius 2 is 1.83 bits per heavy atom. The predicted molar refractivity (Wildman–Crippen MR) is 81.3 cm³/mol. The van der Waals surface area contributed by atoms with Crippen molar-refractivity contribution in [3.8, 4) is 22.9 Å². The molecule has 7 nitrogen and oxygen atoms in total. The molecular weight excluding hydrogens is 329 g/mol. The molecule has 1 aromatic carbocycles. The molecule has 23 heavy (non-hydrogen) atoms. The minimum Gasteiger partial charge on any atom is -0.493 e. The first-order valence-corrected chi connectivity index (χ1v) is 6.64. The molecule has 0 aliphatic heterocycles. The van der Waals surface area contributed by atoms with Crippen LogP contribution in [0.1, 0.15) is 10.5 Å². The molecule has 0 fully saturated rings. The predicted octanol–water partition coefficient (Wildman–Crippen LogP) is 2.32. The van der Waals surface area contributed by atoms with Crippen molar-refractivity contribution in [2.45, 2.75) is 0 Å². The van der Waals surface area contributed by atoms with Crippen molar-refractivity contribution in [1.29, 1.82) is 0 Å². The summed E-state index contributed by atoms with van der Waals surface area (Å²) in [5.74, 6) is -1.88. The molecule has 0 saturated heterocycles. The van der Waals surface area contributed by atoms with Crippen LogP contribution in [0.15, 0.2) is 12.1 Å². The van der Waals surface area contributed by atoms with E-state index in [-0.39, 0.29) is 39.4 Å². The molecule has 0 saturated carbocycles. The van der Waals surface area contributed by atoms with E-state index in [0.29, 0.717) is 0 Å². The molecule has 0 unspecified atom stereocenters. The zero-order chi connectivity index (χ0) is 17.1. The summed E-state index contributed by atoms with van der Waals surface area (Å²) >= 11 is 5.72. The standard InChI is InChI=1S/C14H13ClFN3O4/c1-21-10-6(4-5-7(15)8(10)16)13-18-9(14(20)23-3)11(22-2)12(17)19-13/h4-5H,1-3H3,(H2,17,18,19). The first kappa shape index (κ1) is 16.8. The van der Waals surface area contributed by atoms with Crippen LogP contribution >= 0.6 is 11.6 Å². The summed E-state index contributed by atoms with van der Waals surface area (Å²) in [5.41, 5.74) is 5.77. The van der Waals surface area contributed by atoms with E-state index in [9.17, 15) is 9.18 Å². The number of nitrogens with zero attached hydrogens (tertiary/aromatic N) is 2. The number of nitrogen functional groups attached to an aromatic ring is 1. The van der Waals surface area contributed by atoms with Gasteiger partial charge in [-0.1, -0.05) is 11.6 Å². The Hall–Kier alpha value is -2.61. The highest BCUT2D eigenvalue weighted by molar-refractivity contribution is 6.31. The maximum atomic E-state index is 14.1. The molecule has 0 aliphatic rings. The second kappa shape index (κ2) is 6.66. The molecule has 0 radical (unpaired) electrons. The van der Waals surface area contributed by atoms with Crippen molar-refractivity contribution in [2.75, 3.05) is 27.1 Å². The van der Waals surface area contributed by atoms with Crippen LogP contribution in [0.3, 0.4) is 0 Å². The number of ether oxygens (including phenoxy) is 3. The quantitative estimate of drug-likeness (QED) is 0.852. The number of anilines is 1. The largest absolute Gasteiger partial charge is 0.493 e. The van der Waals surface area contributed by atoms with Crippen LogP contribution in [0, 0.1) is 5.82 Å². The van der Waals surface area contributed by atoms with Crippen LogP contribution in [0.4, 0.5) is 10.2 Å². The van der Waals surface area contributed by atoms with Gasteiger partial charge in [0.2, 0.25) is 0 Å². The number of carbonyl (C=O) groups is 1. The second-order valence-electron chi connectivity index (χ2n) is 4.25. The summed E-state index contributed by atoms with van der Waals surface area (Å²) < 4.78 is 28.7. The van der Waals surface area contributed by atoms with Crippen LogP contribution in [-0.4, -0.2) is 37.3 Å². The van der Waals surface area contributed by atoms with E-state index < -0.39 is 11.8 Å². The lowest BCUT2D eigenvalue weighted by molar-refractivity contribution is 0.0590. The second-order valence-corrected chi connectivity index (χ2v) is 4.66. The number of esters is 1. The van der Waals surface area contributed by atoms with Crippen LogP contribution < -0.4 is 15.2 Å². The lowest BCUT2D eigenvalue weighted by atomic mass is 10.1. The van der Waals surface area contributed by atoms with Crippen molar-refractivity contribution < 1.29 is 23.4 Å². The number of rotatable bonds is 4. The van der Waals surface area contributed by atoms with Gasteiger partial charge >= 0.3 is 5.97 Å². The average Bonchev–Trinajstić information content (AvgIpc) is 2.55. The van der Waals surface area contributed by atoms with Crippen molar-refractivity contribution in [2.24, 2.45) is 0 Å². The number of aromatic nitrogens is 2. The first-order valence-electron chi connectivity index (χ1n) is 6.26. The van der Waals surface area contributed by atoms with E-state index in [1.165, 1.54) is 33.5 Å². The number of hydrogen-bond acceptors (Lipinski definition) is 7. The van der Waals surface area contributed by atoms with Crippen molar-refractivity contribution in [1.82, 2.24) is 9.97 Å². The first-order chi connectivity index (χ1) is 10.9. The van der Waals surface area contributed by atoms with Gasteiger partial charge in [-0.25, -0.2) is 19.2 Å². The summed E-state index contributed by atoms with van der Waals surface area (Å²) in [5, 5.41) is -0.125. The topological polar surface area (TPSA) is 96.6 Å². The number of hydrogen-bond donors (Lipinski definition) is 1. The minimum absolute atomic E-state index is 0.0314. The van der Waals surface area contributed by atoms with Gasteiger partial charge < -0.3 is 19.9 Å². The van der Waals surface area contributed by atoms with Crippen molar-refractivity contribution in [3.05, 3.63) is 28.7 Å². The number of nitrogens with two attached hydrogens (primary N) is 1. The lowest BCUT2D eigenvalue weighted by Crippen LogP contribution is -2.12. The SMILES string of the molecule is COC(=O)c1nc(-c2ccc(Cl)c(F)c2OC)nc(N)c1OC. The van der Waals surface area contributed by atoms with E-state index in [2.05, 4.69) is 14.7 Å². The van der Waals surface area contributed by atoms with Gasteiger partial charge in [0, 0.05) is 0 Å². The molecule has 122 valence electrons. The fourth-order valence-corrected chi connectivity index (χ4v) is 2.08. The lowest BCUT2D eigenvalue weighted by Gasteiger charge is -2.13. The molecule has 2 aromatic rings. The minimum atomic E-state index is -0.774. The third-order valence-electron chi connectivity index (χ3n) is 2.97. The summed E-state index contributed by atoms with van der Waals surface area (Å²) in [6.07, 6.45) is 0. The normalized spacial score (nSPS) is 10.3. The molecule has 1 heterocycles. The molecule has 1 aromatic heterocycles. The van der Waals surface area contributed by atoms with Gasteiger partial charge in [0.1, 0.15) is 0 Å². The third-order valence-corrected chi connectivity index (χ3v) is 3.26. The molecule has 0 atom stereocenters. The summed E-state index contributed by atoms with van der Waals surface area (Å²) in [6, 6.07) is 2.77. The van der Waals surface area contributed by atoms with Gasteiger partial charge in [0.05, 0.1) is 31.9 Å². The Kier molecular flexibility index (Phi) is 4.85. The smallest absolute Gasteiger partial charge is 0.360 e. The highest BCUT2D eigenvalue weighted by Gasteiger charge is 2.23. The van der Waals surface area contributed by atoms with Crippen LogP contribution in [-0.2, 0) is 4.74 Å². The Labute approximate surface area is 136 Å². The van der Waals surface area contributed by atoms with Gasteiger partial charge in [-0.15, -0.1) is 0 Å². The molecule has 0 amide bonds.